The van der Waals surface area contributed by atoms with Crippen molar-refractivity contribution in [3.05, 3.63) is 59.9 Å². The number of hydrogen-bond donors (Lipinski definition) is 1. The van der Waals surface area contributed by atoms with Crippen molar-refractivity contribution in [2.45, 2.75) is 37.5 Å². The maximum Gasteiger partial charge on any atom is 0.233 e. The van der Waals surface area contributed by atoms with Gasteiger partial charge in [0.2, 0.25) is 11.8 Å². The molecule has 5 rings (SSSR count). The molecule has 162 valence electrons. The molecule has 0 radical (unpaired) electrons. The largest absolute Gasteiger partial charge is 0.366 e. The number of anilines is 2. The Hall–Kier alpha value is -2.89. The molecule has 0 atom stereocenters. The van der Waals surface area contributed by atoms with Crippen molar-refractivity contribution < 1.29 is 14.0 Å². The Morgan fingerprint density at radius 2 is 1.61 bits per heavy atom. The Morgan fingerprint density at radius 1 is 0.935 bits per heavy atom. The van der Waals surface area contributed by atoms with E-state index in [0.29, 0.717) is 31.9 Å². The van der Waals surface area contributed by atoms with Gasteiger partial charge in [0.05, 0.1) is 11.1 Å². The summed E-state index contributed by atoms with van der Waals surface area (Å²) in [5, 5.41) is 2.97. The molecule has 3 fully saturated rings. The molecule has 2 saturated carbocycles. The predicted molar refractivity (Wildman–Crippen MR) is 119 cm³/mol. The minimum Gasteiger partial charge on any atom is -0.366 e. The molecule has 6 heteroatoms. The predicted octanol–water partition coefficient (Wildman–Crippen LogP) is 3.94. The van der Waals surface area contributed by atoms with Crippen LogP contribution in [-0.4, -0.2) is 42.9 Å². The van der Waals surface area contributed by atoms with Gasteiger partial charge in [0, 0.05) is 37.8 Å². The quantitative estimate of drug-likeness (QED) is 0.796. The molecule has 2 aromatic rings. The molecular formula is C25H28FN3O2. The Morgan fingerprint density at radius 3 is 2.19 bits per heavy atom. The highest BCUT2D eigenvalue weighted by atomic mass is 19.1. The average molecular weight is 422 g/mol. The third kappa shape index (κ3) is 3.80. The third-order valence-electron chi connectivity index (χ3n) is 7.03. The van der Waals surface area contributed by atoms with Gasteiger partial charge in [-0.2, -0.15) is 0 Å². The molecule has 2 aliphatic carbocycles. The minimum absolute atomic E-state index is 0.0925. The van der Waals surface area contributed by atoms with Crippen molar-refractivity contribution in [3.63, 3.8) is 0 Å². The zero-order valence-electron chi connectivity index (χ0n) is 17.6. The Balaban J connectivity index is 1.26. The van der Waals surface area contributed by atoms with Crippen LogP contribution in [0.3, 0.4) is 0 Å². The molecule has 3 aliphatic rings. The summed E-state index contributed by atoms with van der Waals surface area (Å²) in [6.45, 7) is 2.47. The summed E-state index contributed by atoms with van der Waals surface area (Å²) >= 11 is 0. The first kappa shape index (κ1) is 20.0. The lowest BCUT2D eigenvalue weighted by molar-refractivity contribution is -0.141. The van der Waals surface area contributed by atoms with E-state index < -0.39 is 5.41 Å². The first-order valence-electron chi connectivity index (χ1n) is 11.3. The summed E-state index contributed by atoms with van der Waals surface area (Å²) < 4.78 is 14.1. The molecule has 0 bridgehead atoms. The maximum atomic E-state index is 14.1. The molecule has 0 aromatic heterocycles. The SMILES string of the molecule is O=C(Nc1ccc(C2(C(=O)N3CCN(c4ccccc4F)CC3)CCC2)cc1)C1CC1. The molecule has 1 heterocycles. The lowest BCUT2D eigenvalue weighted by atomic mass is 9.63. The highest BCUT2D eigenvalue weighted by Crippen LogP contribution is 2.45. The molecule has 0 unspecified atom stereocenters. The number of amides is 2. The Bertz CT molecular complexity index is 975. The van der Waals surface area contributed by atoms with E-state index in [1.807, 2.05) is 40.1 Å². The van der Waals surface area contributed by atoms with Crippen LogP contribution in [0, 0.1) is 11.7 Å². The molecule has 31 heavy (non-hydrogen) atoms. The number of para-hydroxylation sites is 1. The summed E-state index contributed by atoms with van der Waals surface area (Å²) in [6, 6.07) is 14.6. The van der Waals surface area contributed by atoms with Crippen molar-refractivity contribution in [2.75, 3.05) is 36.4 Å². The number of hydrogen-bond acceptors (Lipinski definition) is 3. The molecule has 0 spiro atoms. The van der Waals surface area contributed by atoms with Crippen molar-refractivity contribution in [3.8, 4) is 0 Å². The number of nitrogens with zero attached hydrogens (tertiary/aromatic N) is 2. The fourth-order valence-electron chi connectivity index (χ4n) is 4.78. The van der Waals surface area contributed by atoms with Crippen LogP contribution in [0.5, 0.6) is 0 Å². The summed E-state index contributed by atoms with van der Waals surface area (Å²) in [6.07, 6.45) is 4.71. The lowest BCUT2D eigenvalue weighted by Gasteiger charge is -2.46. The zero-order chi connectivity index (χ0) is 21.4. The van der Waals surface area contributed by atoms with E-state index in [1.54, 1.807) is 12.1 Å². The normalized spacial score (nSPS) is 20.2. The number of carbonyl (C=O) groups is 2. The molecule has 1 saturated heterocycles. The van der Waals surface area contributed by atoms with E-state index in [4.69, 9.17) is 0 Å². The molecule has 1 aliphatic heterocycles. The number of nitrogens with one attached hydrogen (secondary N) is 1. The van der Waals surface area contributed by atoms with Crippen LogP contribution in [0.4, 0.5) is 15.8 Å². The molecule has 5 nitrogen and oxygen atoms in total. The van der Waals surface area contributed by atoms with Crippen molar-refractivity contribution in [1.82, 2.24) is 4.90 Å². The van der Waals surface area contributed by atoms with Crippen molar-refractivity contribution in [2.24, 2.45) is 5.92 Å². The van der Waals surface area contributed by atoms with E-state index in [0.717, 1.165) is 43.4 Å². The van der Waals surface area contributed by atoms with Gasteiger partial charge in [-0.15, -0.1) is 0 Å². The highest BCUT2D eigenvalue weighted by Gasteiger charge is 2.48. The second-order valence-electron chi connectivity index (χ2n) is 9.01. The smallest absolute Gasteiger partial charge is 0.233 e. The Kier molecular flexibility index (Phi) is 5.16. The number of piperazine rings is 1. The zero-order valence-corrected chi connectivity index (χ0v) is 17.6. The number of carbonyl (C=O) groups excluding carboxylic acids is 2. The van der Waals surface area contributed by atoms with Crippen LogP contribution in [0.2, 0.25) is 0 Å². The standard InChI is InChI=1S/C25H28FN3O2/c26-21-4-1-2-5-22(21)28-14-16-29(17-15-28)24(31)25(12-3-13-25)19-8-10-20(11-9-19)27-23(30)18-6-7-18/h1-2,4-5,8-11,18H,3,6-7,12-17H2,(H,27,30). The third-order valence-corrected chi connectivity index (χ3v) is 7.03. The van der Waals surface area contributed by atoms with Crippen LogP contribution in [0.1, 0.15) is 37.7 Å². The fourth-order valence-corrected chi connectivity index (χ4v) is 4.78. The van der Waals surface area contributed by atoms with Crippen LogP contribution in [-0.2, 0) is 15.0 Å². The van der Waals surface area contributed by atoms with Gasteiger partial charge < -0.3 is 15.1 Å². The van der Waals surface area contributed by atoms with E-state index in [9.17, 15) is 14.0 Å². The highest BCUT2D eigenvalue weighted by molar-refractivity contribution is 5.94. The van der Waals surface area contributed by atoms with Gasteiger partial charge in [-0.1, -0.05) is 30.7 Å². The fraction of sp³-hybridized carbons (Fsp3) is 0.440. The minimum atomic E-state index is -0.459. The topological polar surface area (TPSA) is 52.7 Å². The first-order chi connectivity index (χ1) is 15.1. The lowest BCUT2D eigenvalue weighted by Crippen LogP contribution is -2.56. The van der Waals surface area contributed by atoms with Gasteiger partial charge in [0.1, 0.15) is 5.82 Å². The van der Waals surface area contributed by atoms with Crippen LogP contribution in [0.25, 0.3) is 0 Å². The molecule has 2 aromatic carbocycles. The Labute approximate surface area is 182 Å². The van der Waals surface area contributed by atoms with Gasteiger partial charge in [0.15, 0.2) is 0 Å². The molecule has 1 N–H and O–H groups in total. The second kappa shape index (κ2) is 7.98. The first-order valence-corrected chi connectivity index (χ1v) is 11.3. The van der Waals surface area contributed by atoms with Gasteiger partial charge in [-0.3, -0.25) is 9.59 Å². The van der Waals surface area contributed by atoms with Gasteiger partial charge >= 0.3 is 0 Å². The summed E-state index contributed by atoms with van der Waals surface area (Å²) in [4.78, 5) is 29.5. The van der Waals surface area contributed by atoms with E-state index in [-0.39, 0.29) is 23.5 Å². The summed E-state index contributed by atoms with van der Waals surface area (Å²) in [5.41, 5.74) is 1.97. The van der Waals surface area contributed by atoms with Crippen LogP contribution in [0.15, 0.2) is 48.5 Å². The average Bonchev–Trinajstić information content (AvgIpc) is 3.60. The number of rotatable bonds is 5. The summed E-state index contributed by atoms with van der Waals surface area (Å²) in [7, 11) is 0. The van der Waals surface area contributed by atoms with Crippen molar-refractivity contribution >= 4 is 23.2 Å². The number of halogens is 1. The van der Waals surface area contributed by atoms with E-state index in [1.165, 1.54) is 6.07 Å². The van der Waals surface area contributed by atoms with Crippen LogP contribution < -0.4 is 10.2 Å². The van der Waals surface area contributed by atoms with Crippen LogP contribution >= 0.6 is 0 Å². The van der Waals surface area contributed by atoms with Crippen molar-refractivity contribution in [1.29, 1.82) is 0 Å². The maximum absolute atomic E-state index is 14.1. The van der Waals surface area contributed by atoms with E-state index in [2.05, 4.69) is 5.32 Å². The number of benzene rings is 2. The molecular weight excluding hydrogens is 393 g/mol. The van der Waals surface area contributed by atoms with Gasteiger partial charge in [-0.05, 0) is 55.5 Å². The van der Waals surface area contributed by atoms with E-state index >= 15 is 0 Å². The van der Waals surface area contributed by atoms with Gasteiger partial charge in [0.25, 0.3) is 0 Å². The summed E-state index contributed by atoms with van der Waals surface area (Å²) in [5.74, 6) is 0.227. The van der Waals surface area contributed by atoms with Gasteiger partial charge in [-0.25, -0.2) is 4.39 Å². The molecule has 2 amide bonds. The second-order valence-corrected chi connectivity index (χ2v) is 9.01. The monoisotopic (exact) mass is 421 g/mol.